The molecular formula is C28H45NO2. The molecule has 0 saturated heterocycles. The molecule has 1 heterocycles. The van der Waals surface area contributed by atoms with Gasteiger partial charge in [0, 0.05) is 5.69 Å². The summed E-state index contributed by atoms with van der Waals surface area (Å²) < 4.78 is 5.55. The summed E-state index contributed by atoms with van der Waals surface area (Å²) in [7, 11) is 0. The van der Waals surface area contributed by atoms with Gasteiger partial charge in [-0.3, -0.25) is 9.78 Å². The van der Waals surface area contributed by atoms with Gasteiger partial charge in [0.2, 0.25) is 0 Å². The molecule has 0 aromatic carbocycles. The van der Waals surface area contributed by atoms with Gasteiger partial charge in [0.1, 0.15) is 5.75 Å². The van der Waals surface area contributed by atoms with Gasteiger partial charge in [-0.15, -0.1) is 0 Å². The fourth-order valence-corrected chi connectivity index (χ4v) is 5.72. The first kappa shape index (κ1) is 24.3. The van der Waals surface area contributed by atoms with Gasteiger partial charge in [0.05, 0.1) is 12.1 Å². The van der Waals surface area contributed by atoms with E-state index in [1.165, 1.54) is 89.9 Å². The van der Waals surface area contributed by atoms with Crippen molar-refractivity contribution in [3.05, 3.63) is 24.0 Å². The zero-order valence-electron chi connectivity index (χ0n) is 20.1. The lowest BCUT2D eigenvalue weighted by atomic mass is 9.75. The van der Waals surface area contributed by atoms with E-state index < -0.39 is 0 Å². The van der Waals surface area contributed by atoms with E-state index in [0.717, 1.165) is 36.3 Å². The van der Waals surface area contributed by atoms with E-state index in [9.17, 15) is 4.79 Å². The third-order valence-corrected chi connectivity index (χ3v) is 7.95. The Labute approximate surface area is 190 Å². The van der Waals surface area contributed by atoms with Crippen LogP contribution >= 0.6 is 0 Å². The summed E-state index contributed by atoms with van der Waals surface area (Å²) in [5.41, 5.74) is 0.941. The number of ether oxygens (including phenoxy) is 1. The molecule has 1 aromatic rings. The van der Waals surface area contributed by atoms with Gasteiger partial charge >= 0.3 is 5.97 Å². The Bertz CT molecular complexity index is 625. The number of hydrogen-bond donors (Lipinski definition) is 0. The van der Waals surface area contributed by atoms with Crippen molar-refractivity contribution in [2.24, 2.45) is 23.7 Å². The number of esters is 1. The lowest BCUT2D eigenvalue weighted by Gasteiger charge is -2.31. The molecule has 1 aromatic heterocycles. The van der Waals surface area contributed by atoms with Gasteiger partial charge in [0.15, 0.2) is 0 Å². The minimum atomic E-state index is -0.0582. The molecule has 0 N–H and O–H groups in total. The second-order valence-corrected chi connectivity index (χ2v) is 10.4. The van der Waals surface area contributed by atoms with Crippen LogP contribution in [0.1, 0.15) is 115 Å². The maximum atomic E-state index is 12.5. The van der Waals surface area contributed by atoms with Crippen molar-refractivity contribution < 1.29 is 9.53 Å². The Hall–Kier alpha value is -1.38. The number of nitrogens with zero attached hydrogens (tertiary/aromatic N) is 1. The molecule has 31 heavy (non-hydrogen) atoms. The van der Waals surface area contributed by atoms with Crippen LogP contribution in [0.15, 0.2) is 18.3 Å². The molecule has 3 nitrogen and oxygen atoms in total. The van der Waals surface area contributed by atoms with Crippen LogP contribution in [0, 0.1) is 30.6 Å². The molecule has 0 radical (unpaired) electrons. The molecule has 0 spiro atoms. The minimum Gasteiger partial charge on any atom is -0.425 e. The van der Waals surface area contributed by atoms with Crippen molar-refractivity contribution in [1.29, 1.82) is 0 Å². The predicted octanol–water partition coefficient (Wildman–Crippen LogP) is 8.05. The normalized spacial score (nSPS) is 26.5. The highest BCUT2D eigenvalue weighted by atomic mass is 16.5. The van der Waals surface area contributed by atoms with Gasteiger partial charge in [-0.25, -0.2) is 0 Å². The van der Waals surface area contributed by atoms with Crippen molar-refractivity contribution >= 4 is 5.97 Å². The van der Waals surface area contributed by atoms with E-state index in [0.29, 0.717) is 5.75 Å². The summed E-state index contributed by atoms with van der Waals surface area (Å²) in [6, 6.07) is 3.73. The van der Waals surface area contributed by atoms with E-state index in [2.05, 4.69) is 11.9 Å². The van der Waals surface area contributed by atoms with Gasteiger partial charge in [-0.2, -0.15) is 0 Å². The summed E-state index contributed by atoms with van der Waals surface area (Å²) in [6.45, 7) is 4.24. The number of carbonyl (C=O) groups excluding carboxylic acids is 1. The number of aromatic nitrogens is 1. The molecule has 0 aliphatic heterocycles. The summed E-state index contributed by atoms with van der Waals surface area (Å²) in [5, 5.41) is 0. The third-order valence-electron chi connectivity index (χ3n) is 7.95. The SMILES string of the molecule is CCCCCCCC1CCC(CCC2CCC(C(=O)Oc3ccc(C)nc3)CC2)CC1. The average Bonchev–Trinajstić information content (AvgIpc) is 2.80. The van der Waals surface area contributed by atoms with E-state index in [-0.39, 0.29) is 11.9 Å². The summed E-state index contributed by atoms with van der Waals surface area (Å²) in [6.07, 6.45) is 23.3. The Balaban J connectivity index is 1.25. The van der Waals surface area contributed by atoms with Crippen LogP contribution in [0.25, 0.3) is 0 Å². The maximum Gasteiger partial charge on any atom is 0.314 e. The smallest absolute Gasteiger partial charge is 0.314 e. The van der Waals surface area contributed by atoms with Crippen molar-refractivity contribution in [2.75, 3.05) is 0 Å². The van der Waals surface area contributed by atoms with Crippen LogP contribution in [0.4, 0.5) is 0 Å². The first-order valence-electron chi connectivity index (χ1n) is 13.3. The number of rotatable bonds is 11. The van der Waals surface area contributed by atoms with Gasteiger partial charge < -0.3 is 4.74 Å². The van der Waals surface area contributed by atoms with Crippen molar-refractivity contribution in [3.8, 4) is 5.75 Å². The fraction of sp³-hybridized carbons (Fsp3) is 0.786. The average molecular weight is 428 g/mol. The van der Waals surface area contributed by atoms with Crippen LogP contribution in [0.2, 0.25) is 0 Å². The standard InChI is InChI=1S/C28H45NO2/c1-3-4-5-6-7-8-23-10-12-24(13-11-23)14-15-25-16-18-26(19-17-25)28(30)31-27-20-9-22(2)29-21-27/h9,20-21,23-26H,3-8,10-19H2,1-2H3. The molecule has 3 rings (SSSR count). The van der Waals surface area contributed by atoms with Crippen LogP contribution < -0.4 is 4.74 Å². The van der Waals surface area contributed by atoms with Gasteiger partial charge in [0.25, 0.3) is 0 Å². The Morgan fingerprint density at radius 3 is 2.00 bits per heavy atom. The molecule has 2 fully saturated rings. The maximum absolute atomic E-state index is 12.5. The van der Waals surface area contributed by atoms with Crippen molar-refractivity contribution in [1.82, 2.24) is 4.98 Å². The number of pyridine rings is 1. The van der Waals surface area contributed by atoms with Gasteiger partial charge in [-0.05, 0) is 62.5 Å². The van der Waals surface area contributed by atoms with Crippen LogP contribution in [-0.2, 0) is 4.79 Å². The zero-order chi connectivity index (χ0) is 21.9. The lowest BCUT2D eigenvalue weighted by molar-refractivity contribution is -0.140. The summed E-state index contributed by atoms with van der Waals surface area (Å²) >= 11 is 0. The molecule has 3 heteroatoms. The Kier molecular flexibility index (Phi) is 10.4. The molecule has 2 aliphatic carbocycles. The number of carbonyl (C=O) groups is 1. The van der Waals surface area contributed by atoms with Crippen LogP contribution in [0.5, 0.6) is 5.75 Å². The van der Waals surface area contributed by atoms with Gasteiger partial charge in [-0.1, -0.05) is 84.0 Å². The monoisotopic (exact) mass is 427 g/mol. The van der Waals surface area contributed by atoms with E-state index in [1.807, 2.05) is 19.1 Å². The molecule has 0 bridgehead atoms. The number of unbranched alkanes of at least 4 members (excludes halogenated alkanes) is 4. The molecule has 2 saturated carbocycles. The topological polar surface area (TPSA) is 39.2 Å². The Morgan fingerprint density at radius 1 is 0.839 bits per heavy atom. The van der Waals surface area contributed by atoms with Crippen molar-refractivity contribution in [3.63, 3.8) is 0 Å². The largest absolute Gasteiger partial charge is 0.425 e. The number of hydrogen-bond acceptors (Lipinski definition) is 3. The lowest BCUT2D eigenvalue weighted by Crippen LogP contribution is -2.26. The summed E-state index contributed by atoms with van der Waals surface area (Å²) in [5.74, 6) is 3.40. The van der Waals surface area contributed by atoms with Crippen LogP contribution in [-0.4, -0.2) is 11.0 Å². The minimum absolute atomic E-state index is 0.0582. The van der Waals surface area contributed by atoms with Crippen LogP contribution in [0.3, 0.4) is 0 Å². The zero-order valence-corrected chi connectivity index (χ0v) is 20.1. The van der Waals surface area contributed by atoms with E-state index in [4.69, 9.17) is 4.74 Å². The molecule has 0 atom stereocenters. The fourth-order valence-electron chi connectivity index (χ4n) is 5.72. The molecule has 2 aliphatic rings. The second-order valence-electron chi connectivity index (χ2n) is 10.4. The highest BCUT2D eigenvalue weighted by Gasteiger charge is 2.29. The van der Waals surface area contributed by atoms with E-state index in [1.54, 1.807) is 6.20 Å². The third kappa shape index (κ3) is 8.58. The molecule has 0 amide bonds. The highest BCUT2D eigenvalue weighted by molar-refractivity contribution is 5.75. The molecule has 0 unspecified atom stereocenters. The predicted molar refractivity (Wildman–Crippen MR) is 128 cm³/mol. The van der Waals surface area contributed by atoms with Crippen molar-refractivity contribution in [2.45, 2.75) is 117 Å². The highest BCUT2D eigenvalue weighted by Crippen LogP contribution is 2.38. The Morgan fingerprint density at radius 2 is 1.42 bits per heavy atom. The quantitative estimate of drug-likeness (QED) is 0.265. The molecule has 174 valence electrons. The molecular weight excluding hydrogens is 382 g/mol. The van der Waals surface area contributed by atoms with E-state index >= 15 is 0 Å². The first-order chi connectivity index (χ1) is 15.1. The first-order valence-corrected chi connectivity index (χ1v) is 13.3. The summed E-state index contributed by atoms with van der Waals surface area (Å²) in [4.78, 5) is 16.7. The second kappa shape index (κ2) is 13.2. The number of aryl methyl sites for hydroxylation is 1.